The Balaban J connectivity index is 1.90. The summed E-state index contributed by atoms with van der Waals surface area (Å²) < 4.78 is 22.7. The van der Waals surface area contributed by atoms with Crippen LogP contribution >= 0.6 is 0 Å². The Labute approximate surface area is 119 Å². The zero-order valence-corrected chi connectivity index (χ0v) is 12.4. The topological polar surface area (TPSA) is 66.5 Å². The van der Waals surface area contributed by atoms with Gasteiger partial charge in [-0.2, -0.15) is 0 Å². The Morgan fingerprint density at radius 2 is 2.05 bits per heavy atom. The van der Waals surface area contributed by atoms with E-state index in [0.717, 1.165) is 12.2 Å². The van der Waals surface area contributed by atoms with Gasteiger partial charge in [0.2, 0.25) is 5.91 Å². The van der Waals surface area contributed by atoms with Crippen LogP contribution in [0.2, 0.25) is 0 Å². The summed E-state index contributed by atoms with van der Waals surface area (Å²) in [6.45, 7) is 2.96. The fraction of sp³-hybridized carbons (Fsp3) is 0.500. The van der Waals surface area contributed by atoms with Crippen molar-refractivity contribution in [2.75, 3.05) is 29.5 Å². The first-order valence-corrected chi connectivity index (χ1v) is 8.62. The molecule has 1 fully saturated rings. The molecule has 1 saturated heterocycles. The van der Waals surface area contributed by atoms with E-state index < -0.39 is 9.84 Å². The standard InChI is InChI=1S/C14H20N2O3S/c1-2-16(13-6-4-3-5-7-13)10-14(17)15-12-8-9-20(18,19)11-12/h3-7,12H,2,8-11H2,1H3,(H,15,17). The third-order valence-electron chi connectivity index (χ3n) is 3.44. The van der Waals surface area contributed by atoms with Crippen molar-refractivity contribution in [3.63, 3.8) is 0 Å². The van der Waals surface area contributed by atoms with Crippen molar-refractivity contribution >= 4 is 21.4 Å². The molecule has 1 aromatic carbocycles. The van der Waals surface area contributed by atoms with Crippen LogP contribution in [-0.2, 0) is 14.6 Å². The highest BCUT2D eigenvalue weighted by Gasteiger charge is 2.29. The van der Waals surface area contributed by atoms with Crippen molar-refractivity contribution in [3.05, 3.63) is 30.3 Å². The predicted molar refractivity (Wildman–Crippen MR) is 79.5 cm³/mol. The molecule has 110 valence electrons. The minimum Gasteiger partial charge on any atom is -0.363 e. The number of carbonyl (C=O) groups is 1. The van der Waals surface area contributed by atoms with Crippen molar-refractivity contribution in [1.29, 1.82) is 0 Å². The molecule has 1 aliphatic rings. The zero-order chi connectivity index (χ0) is 14.6. The number of rotatable bonds is 5. The molecule has 0 saturated carbocycles. The third kappa shape index (κ3) is 3.96. The van der Waals surface area contributed by atoms with Crippen LogP contribution in [-0.4, -0.2) is 45.0 Å². The molecule has 6 heteroatoms. The molecular weight excluding hydrogens is 276 g/mol. The van der Waals surface area contributed by atoms with Crippen LogP contribution in [0, 0.1) is 0 Å². The minimum atomic E-state index is -2.96. The number of hydrogen-bond donors (Lipinski definition) is 1. The number of para-hydroxylation sites is 1. The van der Waals surface area contributed by atoms with Gasteiger partial charge in [0.25, 0.3) is 0 Å². The van der Waals surface area contributed by atoms with Crippen molar-refractivity contribution in [2.24, 2.45) is 0 Å². The highest BCUT2D eigenvalue weighted by molar-refractivity contribution is 7.91. The second kappa shape index (κ2) is 6.26. The molecule has 1 atom stereocenters. The molecule has 0 aromatic heterocycles. The summed E-state index contributed by atoms with van der Waals surface area (Å²) in [4.78, 5) is 14.0. The summed E-state index contributed by atoms with van der Waals surface area (Å²) in [5.74, 6) is 0.113. The fourth-order valence-corrected chi connectivity index (χ4v) is 4.05. The average molecular weight is 296 g/mol. The highest BCUT2D eigenvalue weighted by Crippen LogP contribution is 2.13. The Morgan fingerprint density at radius 1 is 1.35 bits per heavy atom. The Kier molecular flexibility index (Phi) is 4.65. The van der Waals surface area contributed by atoms with E-state index in [0.29, 0.717) is 6.42 Å². The number of nitrogens with one attached hydrogen (secondary N) is 1. The van der Waals surface area contributed by atoms with Gasteiger partial charge in [-0.1, -0.05) is 18.2 Å². The lowest BCUT2D eigenvalue weighted by Gasteiger charge is -2.23. The van der Waals surface area contributed by atoms with Gasteiger partial charge in [0, 0.05) is 18.3 Å². The van der Waals surface area contributed by atoms with E-state index in [4.69, 9.17) is 0 Å². The van der Waals surface area contributed by atoms with E-state index in [2.05, 4.69) is 5.32 Å². The lowest BCUT2D eigenvalue weighted by Crippen LogP contribution is -2.42. The number of amides is 1. The smallest absolute Gasteiger partial charge is 0.239 e. The first-order valence-electron chi connectivity index (χ1n) is 6.80. The second-order valence-corrected chi connectivity index (χ2v) is 7.25. The largest absolute Gasteiger partial charge is 0.363 e. The SMILES string of the molecule is CCN(CC(=O)NC1CCS(=O)(=O)C1)c1ccccc1. The van der Waals surface area contributed by atoms with E-state index in [1.165, 1.54) is 0 Å². The molecule has 1 heterocycles. The van der Waals surface area contributed by atoms with E-state index in [-0.39, 0.29) is 30.0 Å². The molecule has 5 nitrogen and oxygen atoms in total. The molecule has 2 rings (SSSR count). The van der Waals surface area contributed by atoms with Gasteiger partial charge in [-0.15, -0.1) is 0 Å². The van der Waals surface area contributed by atoms with Crippen LogP contribution in [0.5, 0.6) is 0 Å². The van der Waals surface area contributed by atoms with E-state index in [1.54, 1.807) is 0 Å². The Hall–Kier alpha value is -1.56. The van der Waals surface area contributed by atoms with Crippen LogP contribution in [0.25, 0.3) is 0 Å². The fourth-order valence-electron chi connectivity index (χ4n) is 2.38. The highest BCUT2D eigenvalue weighted by atomic mass is 32.2. The predicted octanol–water partition coefficient (Wildman–Crippen LogP) is 0.816. The van der Waals surface area contributed by atoms with Crippen molar-refractivity contribution in [1.82, 2.24) is 5.32 Å². The van der Waals surface area contributed by atoms with E-state index in [9.17, 15) is 13.2 Å². The Morgan fingerprint density at radius 3 is 2.60 bits per heavy atom. The summed E-state index contributed by atoms with van der Waals surface area (Å²) in [6.07, 6.45) is 0.519. The maximum Gasteiger partial charge on any atom is 0.239 e. The molecule has 0 aliphatic carbocycles. The molecular formula is C14H20N2O3S. The molecule has 0 bridgehead atoms. The summed E-state index contributed by atoms with van der Waals surface area (Å²) >= 11 is 0. The van der Waals surface area contributed by atoms with Crippen molar-refractivity contribution in [2.45, 2.75) is 19.4 Å². The number of likely N-dealkylation sites (N-methyl/N-ethyl adjacent to an activating group) is 1. The lowest BCUT2D eigenvalue weighted by atomic mass is 10.2. The van der Waals surface area contributed by atoms with Crippen molar-refractivity contribution in [3.8, 4) is 0 Å². The van der Waals surface area contributed by atoms with Crippen molar-refractivity contribution < 1.29 is 13.2 Å². The van der Waals surface area contributed by atoms with Gasteiger partial charge in [0.1, 0.15) is 0 Å². The van der Waals surface area contributed by atoms with Gasteiger partial charge in [-0.25, -0.2) is 8.42 Å². The molecule has 0 radical (unpaired) electrons. The monoisotopic (exact) mass is 296 g/mol. The van der Waals surface area contributed by atoms with Crippen LogP contribution in [0.15, 0.2) is 30.3 Å². The van der Waals surface area contributed by atoms with Crippen LogP contribution in [0.4, 0.5) is 5.69 Å². The molecule has 1 aromatic rings. The van der Waals surface area contributed by atoms with Gasteiger partial charge >= 0.3 is 0 Å². The maximum absolute atomic E-state index is 12.0. The van der Waals surface area contributed by atoms with E-state index >= 15 is 0 Å². The lowest BCUT2D eigenvalue weighted by molar-refractivity contribution is -0.120. The maximum atomic E-state index is 12.0. The quantitative estimate of drug-likeness (QED) is 0.873. The van der Waals surface area contributed by atoms with Gasteiger partial charge in [0.15, 0.2) is 9.84 Å². The van der Waals surface area contributed by atoms with Crippen LogP contribution in [0.3, 0.4) is 0 Å². The summed E-state index contributed by atoms with van der Waals surface area (Å²) in [5, 5.41) is 2.81. The van der Waals surface area contributed by atoms with Crippen LogP contribution in [0.1, 0.15) is 13.3 Å². The van der Waals surface area contributed by atoms with E-state index in [1.807, 2.05) is 42.2 Å². The number of carbonyl (C=O) groups excluding carboxylic acids is 1. The number of sulfone groups is 1. The zero-order valence-electron chi connectivity index (χ0n) is 11.6. The average Bonchev–Trinajstić information content (AvgIpc) is 2.76. The molecule has 1 N–H and O–H groups in total. The van der Waals surface area contributed by atoms with Gasteiger partial charge < -0.3 is 10.2 Å². The number of nitrogens with zero attached hydrogens (tertiary/aromatic N) is 1. The normalized spacial score (nSPS) is 20.6. The summed E-state index contributed by atoms with van der Waals surface area (Å²) in [5.41, 5.74) is 0.990. The number of hydrogen-bond acceptors (Lipinski definition) is 4. The van der Waals surface area contributed by atoms with Gasteiger partial charge in [-0.05, 0) is 25.5 Å². The summed E-state index contributed by atoms with van der Waals surface area (Å²) in [7, 11) is -2.96. The molecule has 0 spiro atoms. The minimum absolute atomic E-state index is 0.0657. The van der Waals surface area contributed by atoms with Gasteiger partial charge in [-0.3, -0.25) is 4.79 Å². The Bertz CT molecular complexity index is 557. The van der Waals surface area contributed by atoms with Gasteiger partial charge in [0.05, 0.1) is 18.1 Å². The van der Waals surface area contributed by atoms with Crippen LogP contribution < -0.4 is 10.2 Å². The molecule has 1 unspecified atom stereocenters. The first kappa shape index (κ1) is 14.8. The summed E-state index contributed by atoms with van der Waals surface area (Å²) in [6, 6.07) is 9.47. The molecule has 1 amide bonds. The molecule has 1 aliphatic heterocycles. The number of anilines is 1. The number of benzene rings is 1. The second-order valence-electron chi connectivity index (χ2n) is 5.02. The first-order chi connectivity index (χ1) is 9.50. The molecule has 20 heavy (non-hydrogen) atoms. The third-order valence-corrected chi connectivity index (χ3v) is 5.20.